The van der Waals surface area contributed by atoms with Crippen LogP contribution in [-0.4, -0.2) is 35.8 Å². The first-order chi connectivity index (χ1) is 16.0. The molecule has 172 valence electrons. The van der Waals surface area contributed by atoms with E-state index in [1.54, 1.807) is 6.26 Å². The number of carbonyl (C=O) groups excluding carboxylic acids is 2. The lowest BCUT2D eigenvalue weighted by Crippen LogP contribution is -2.37. The van der Waals surface area contributed by atoms with Gasteiger partial charge in [0.25, 0.3) is 5.91 Å². The average Bonchev–Trinajstić information content (AvgIpc) is 3.46. The van der Waals surface area contributed by atoms with E-state index in [0.29, 0.717) is 36.3 Å². The molecule has 2 amide bonds. The Labute approximate surface area is 198 Å². The molecule has 33 heavy (non-hydrogen) atoms. The van der Waals surface area contributed by atoms with Gasteiger partial charge in [0, 0.05) is 29.7 Å². The molecule has 3 aromatic rings. The van der Waals surface area contributed by atoms with Crippen molar-refractivity contribution in [3.05, 3.63) is 94.4 Å². The molecule has 0 unspecified atom stereocenters. The van der Waals surface area contributed by atoms with Crippen molar-refractivity contribution in [2.45, 2.75) is 38.4 Å². The molecule has 0 bridgehead atoms. The zero-order valence-electron chi connectivity index (χ0n) is 18.4. The summed E-state index contributed by atoms with van der Waals surface area (Å²) in [5.41, 5.74) is 2.76. The van der Waals surface area contributed by atoms with E-state index in [-0.39, 0.29) is 18.4 Å². The number of hydrogen-bond acceptors (Lipinski definition) is 4. The third-order valence-electron chi connectivity index (χ3n) is 5.49. The lowest BCUT2D eigenvalue weighted by Gasteiger charge is -2.21. The van der Waals surface area contributed by atoms with Gasteiger partial charge in [-0.3, -0.25) is 14.5 Å². The van der Waals surface area contributed by atoms with Crippen LogP contribution in [0.1, 0.15) is 40.1 Å². The second-order valence-electron chi connectivity index (χ2n) is 8.40. The Morgan fingerprint density at radius 1 is 1.00 bits per heavy atom. The van der Waals surface area contributed by atoms with Crippen LogP contribution in [0.4, 0.5) is 0 Å². The van der Waals surface area contributed by atoms with Crippen LogP contribution < -0.4 is 10.6 Å². The third-order valence-corrected chi connectivity index (χ3v) is 5.72. The summed E-state index contributed by atoms with van der Waals surface area (Å²) in [5.74, 6) is 0.710. The topological polar surface area (TPSA) is 74.6 Å². The van der Waals surface area contributed by atoms with Gasteiger partial charge in [-0.1, -0.05) is 35.9 Å². The quantitative estimate of drug-likeness (QED) is 0.445. The van der Waals surface area contributed by atoms with Gasteiger partial charge in [0.15, 0.2) is 0 Å². The van der Waals surface area contributed by atoms with E-state index >= 15 is 0 Å². The van der Waals surface area contributed by atoms with Gasteiger partial charge in [-0.25, -0.2) is 0 Å². The number of carbonyl (C=O) groups is 2. The summed E-state index contributed by atoms with van der Waals surface area (Å²) >= 11 is 6.03. The van der Waals surface area contributed by atoms with E-state index < -0.39 is 0 Å². The first-order valence-electron chi connectivity index (χ1n) is 11.2. The zero-order valence-corrected chi connectivity index (χ0v) is 19.2. The number of furan rings is 1. The van der Waals surface area contributed by atoms with Crippen molar-refractivity contribution in [3.63, 3.8) is 0 Å². The van der Waals surface area contributed by atoms with Crippen LogP contribution in [0.15, 0.2) is 71.3 Å². The Morgan fingerprint density at radius 2 is 1.82 bits per heavy atom. The monoisotopic (exact) mass is 465 g/mol. The lowest BCUT2D eigenvalue weighted by atomic mass is 10.1. The normalized spacial score (nSPS) is 13.2. The van der Waals surface area contributed by atoms with Crippen molar-refractivity contribution in [3.8, 4) is 0 Å². The molecule has 0 radical (unpaired) electrons. The highest BCUT2D eigenvalue weighted by molar-refractivity contribution is 6.30. The van der Waals surface area contributed by atoms with E-state index in [1.165, 1.54) is 0 Å². The number of rotatable bonds is 11. The molecule has 0 spiro atoms. The van der Waals surface area contributed by atoms with Crippen LogP contribution in [0.2, 0.25) is 5.02 Å². The van der Waals surface area contributed by atoms with E-state index in [1.807, 2.05) is 65.6 Å². The highest BCUT2D eigenvalue weighted by Gasteiger charge is 2.23. The SMILES string of the molecule is O=C(CN(Cc1ccc(C(=O)NC2CC2)cc1)Cc1ccco1)NCCc1cccc(Cl)c1. The average molecular weight is 466 g/mol. The molecule has 1 heterocycles. The molecule has 2 N–H and O–H groups in total. The fraction of sp³-hybridized carbons (Fsp3) is 0.308. The highest BCUT2D eigenvalue weighted by atomic mass is 35.5. The Balaban J connectivity index is 1.32. The van der Waals surface area contributed by atoms with Crippen molar-refractivity contribution in [2.24, 2.45) is 0 Å². The molecule has 0 aliphatic heterocycles. The summed E-state index contributed by atoms with van der Waals surface area (Å²) in [5, 5.41) is 6.68. The standard InChI is InChI=1S/C26H28ClN3O3/c27-22-4-1-3-19(15-22)12-13-28-25(31)18-30(17-24-5-2-14-33-24)16-20-6-8-21(9-7-20)26(32)29-23-10-11-23/h1-9,14-15,23H,10-13,16-18H2,(H,28,31)(H,29,32). The van der Waals surface area contributed by atoms with Crippen molar-refractivity contribution in [1.82, 2.24) is 15.5 Å². The number of amides is 2. The van der Waals surface area contributed by atoms with Crippen LogP contribution in [-0.2, 0) is 24.3 Å². The molecule has 0 atom stereocenters. The highest BCUT2D eigenvalue weighted by Crippen LogP contribution is 2.19. The fourth-order valence-electron chi connectivity index (χ4n) is 3.60. The maximum atomic E-state index is 12.6. The van der Waals surface area contributed by atoms with Crippen molar-refractivity contribution in [2.75, 3.05) is 13.1 Å². The van der Waals surface area contributed by atoms with Crippen LogP contribution in [0.25, 0.3) is 0 Å². The van der Waals surface area contributed by atoms with E-state index in [0.717, 1.165) is 36.1 Å². The van der Waals surface area contributed by atoms with Gasteiger partial charge in [-0.15, -0.1) is 0 Å². The summed E-state index contributed by atoms with van der Waals surface area (Å²) in [4.78, 5) is 26.9. The molecule has 1 fully saturated rings. The van der Waals surface area contributed by atoms with Gasteiger partial charge in [-0.05, 0) is 66.8 Å². The number of nitrogens with zero attached hydrogens (tertiary/aromatic N) is 1. The van der Waals surface area contributed by atoms with Crippen molar-refractivity contribution < 1.29 is 14.0 Å². The largest absolute Gasteiger partial charge is 0.468 e. The molecule has 0 saturated heterocycles. The van der Waals surface area contributed by atoms with Crippen molar-refractivity contribution >= 4 is 23.4 Å². The minimum Gasteiger partial charge on any atom is -0.468 e. The minimum absolute atomic E-state index is 0.0319. The second kappa shape index (κ2) is 11.2. The van der Waals surface area contributed by atoms with Crippen LogP contribution in [0.3, 0.4) is 0 Å². The molecule has 7 heteroatoms. The third kappa shape index (κ3) is 7.48. The van der Waals surface area contributed by atoms with Crippen LogP contribution >= 0.6 is 11.6 Å². The van der Waals surface area contributed by atoms with Crippen LogP contribution in [0, 0.1) is 0 Å². The molecule has 6 nitrogen and oxygen atoms in total. The number of benzene rings is 2. The first kappa shape index (κ1) is 23.1. The molecular weight excluding hydrogens is 438 g/mol. The zero-order chi connectivity index (χ0) is 23.0. The summed E-state index contributed by atoms with van der Waals surface area (Å²) in [7, 11) is 0. The van der Waals surface area contributed by atoms with Crippen molar-refractivity contribution in [1.29, 1.82) is 0 Å². The first-order valence-corrected chi connectivity index (χ1v) is 11.6. The summed E-state index contributed by atoms with van der Waals surface area (Å²) < 4.78 is 5.49. The number of hydrogen-bond donors (Lipinski definition) is 2. The Morgan fingerprint density at radius 3 is 2.52 bits per heavy atom. The predicted octanol–water partition coefficient (Wildman–Crippen LogP) is 4.19. The summed E-state index contributed by atoms with van der Waals surface area (Å²) in [6.07, 6.45) is 4.47. The van der Waals surface area contributed by atoms with Gasteiger partial charge in [0.05, 0.1) is 19.4 Å². The van der Waals surface area contributed by atoms with Gasteiger partial charge in [0.2, 0.25) is 5.91 Å². The number of nitrogens with one attached hydrogen (secondary N) is 2. The minimum atomic E-state index is -0.0518. The van der Waals surface area contributed by atoms with Gasteiger partial charge < -0.3 is 15.1 Å². The Hall–Kier alpha value is -3.09. The molecule has 4 rings (SSSR count). The van der Waals surface area contributed by atoms with Gasteiger partial charge in [-0.2, -0.15) is 0 Å². The van der Waals surface area contributed by atoms with Crippen LogP contribution in [0.5, 0.6) is 0 Å². The molecule has 1 aromatic heterocycles. The fourth-order valence-corrected chi connectivity index (χ4v) is 3.82. The van der Waals surface area contributed by atoms with E-state index in [4.69, 9.17) is 16.0 Å². The maximum Gasteiger partial charge on any atom is 0.251 e. The smallest absolute Gasteiger partial charge is 0.251 e. The molecular formula is C26H28ClN3O3. The molecule has 1 aliphatic rings. The molecule has 1 saturated carbocycles. The van der Waals surface area contributed by atoms with Gasteiger partial charge >= 0.3 is 0 Å². The molecule has 1 aliphatic carbocycles. The van der Waals surface area contributed by atoms with E-state index in [2.05, 4.69) is 10.6 Å². The Kier molecular flexibility index (Phi) is 7.81. The number of halogens is 1. The van der Waals surface area contributed by atoms with Gasteiger partial charge in [0.1, 0.15) is 5.76 Å². The summed E-state index contributed by atoms with van der Waals surface area (Å²) in [6.45, 7) is 1.85. The predicted molar refractivity (Wildman–Crippen MR) is 128 cm³/mol. The summed E-state index contributed by atoms with van der Waals surface area (Å²) in [6, 6.07) is 19.3. The molecule has 2 aromatic carbocycles. The van der Waals surface area contributed by atoms with E-state index in [9.17, 15) is 9.59 Å². The second-order valence-corrected chi connectivity index (χ2v) is 8.84. The Bertz CT molecular complexity index is 1060. The lowest BCUT2D eigenvalue weighted by molar-refractivity contribution is -0.122. The maximum absolute atomic E-state index is 12.6.